The van der Waals surface area contributed by atoms with Gasteiger partial charge in [-0.1, -0.05) is 18.6 Å². The van der Waals surface area contributed by atoms with Crippen molar-refractivity contribution in [1.29, 1.82) is 0 Å². The first-order valence-corrected chi connectivity index (χ1v) is 6.43. The molecule has 0 radical (unpaired) electrons. The van der Waals surface area contributed by atoms with Gasteiger partial charge in [0.25, 0.3) is 0 Å². The molecule has 1 N–H and O–H groups in total. The molecule has 94 valence electrons. The van der Waals surface area contributed by atoms with E-state index in [0.29, 0.717) is 0 Å². The van der Waals surface area contributed by atoms with Gasteiger partial charge in [-0.05, 0) is 45.1 Å². The summed E-state index contributed by atoms with van der Waals surface area (Å²) in [5.74, 6) is 3.15. The molecule has 17 heavy (non-hydrogen) atoms. The van der Waals surface area contributed by atoms with Crippen molar-refractivity contribution in [1.82, 2.24) is 10.3 Å². The fourth-order valence-electron chi connectivity index (χ4n) is 2.71. The molecular weight excluding hydrogens is 212 g/mol. The molecule has 0 saturated carbocycles. The van der Waals surface area contributed by atoms with Crippen LogP contribution in [-0.2, 0) is 6.54 Å². The molecule has 1 aromatic heterocycles. The number of hydrogen-bond acceptors (Lipinski definition) is 3. The van der Waals surface area contributed by atoms with Crippen LogP contribution in [0, 0.1) is 18.8 Å². The Hall–Kier alpha value is -1.09. The highest BCUT2D eigenvalue weighted by Gasteiger charge is 2.17. The Morgan fingerprint density at radius 3 is 2.94 bits per heavy atom. The second kappa shape index (κ2) is 5.50. The minimum absolute atomic E-state index is 0.722. The van der Waals surface area contributed by atoms with Crippen LogP contribution in [0.15, 0.2) is 22.3 Å². The average Bonchev–Trinajstić information content (AvgIpc) is 2.63. The van der Waals surface area contributed by atoms with Crippen LogP contribution in [0.25, 0.3) is 0 Å². The number of aryl methyl sites for hydroxylation is 1. The van der Waals surface area contributed by atoms with Crippen LogP contribution in [0.3, 0.4) is 0 Å². The van der Waals surface area contributed by atoms with E-state index in [9.17, 15) is 0 Å². The van der Waals surface area contributed by atoms with Gasteiger partial charge in [-0.25, -0.2) is 4.98 Å². The topological polar surface area (TPSA) is 38.1 Å². The molecule has 2 rings (SSSR count). The van der Waals surface area contributed by atoms with E-state index in [-0.39, 0.29) is 0 Å². The Bertz CT molecular complexity index is 395. The Morgan fingerprint density at radius 1 is 1.47 bits per heavy atom. The summed E-state index contributed by atoms with van der Waals surface area (Å²) in [5, 5.41) is 3.44. The van der Waals surface area contributed by atoms with E-state index in [2.05, 4.69) is 30.2 Å². The van der Waals surface area contributed by atoms with Gasteiger partial charge in [-0.2, -0.15) is 0 Å². The summed E-state index contributed by atoms with van der Waals surface area (Å²) in [5.41, 5.74) is 1.53. The van der Waals surface area contributed by atoms with Crippen LogP contribution in [0.4, 0.5) is 0 Å². The quantitative estimate of drug-likeness (QED) is 0.814. The molecule has 3 heteroatoms. The van der Waals surface area contributed by atoms with Crippen LogP contribution in [0.5, 0.6) is 0 Å². The maximum Gasteiger partial charge on any atom is 0.208 e. The van der Waals surface area contributed by atoms with E-state index < -0.39 is 0 Å². The standard InChI is InChI=1S/C14H22N2O/c1-10-4-11(2)6-13(5-10)8-15-9-14-16-7-12(3)17-14/h4,7,10,13,15H,5-6,8-9H2,1-3H3. The lowest BCUT2D eigenvalue weighted by Crippen LogP contribution is -2.26. The van der Waals surface area contributed by atoms with Crippen molar-refractivity contribution in [2.75, 3.05) is 6.54 Å². The SMILES string of the molecule is CC1=CC(C)CC(CNCc2ncc(C)o2)C1. The first-order valence-electron chi connectivity index (χ1n) is 6.43. The molecule has 0 amide bonds. The third-order valence-electron chi connectivity index (χ3n) is 3.26. The molecule has 1 aliphatic carbocycles. The van der Waals surface area contributed by atoms with E-state index in [1.807, 2.05) is 6.92 Å². The molecule has 0 aromatic carbocycles. The van der Waals surface area contributed by atoms with Crippen molar-refractivity contribution >= 4 is 0 Å². The molecule has 0 fully saturated rings. The number of nitrogens with one attached hydrogen (secondary N) is 1. The molecule has 0 spiro atoms. The lowest BCUT2D eigenvalue weighted by atomic mass is 9.84. The van der Waals surface area contributed by atoms with Gasteiger partial charge in [-0.15, -0.1) is 0 Å². The predicted molar refractivity (Wildman–Crippen MR) is 68.6 cm³/mol. The third-order valence-corrected chi connectivity index (χ3v) is 3.26. The van der Waals surface area contributed by atoms with E-state index in [1.165, 1.54) is 18.4 Å². The van der Waals surface area contributed by atoms with Crippen LogP contribution < -0.4 is 5.32 Å². The highest BCUT2D eigenvalue weighted by atomic mass is 16.4. The van der Waals surface area contributed by atoms with Crippen LogP contribution in [0.1, 0.15) is 38.3 Å². The number of aromatic nitrogens is 1. The summed E-state index contributed by atoms with van der Waals surface area (Å²) in [6, 6.07) is 0. The summed E-state index contributed by atoms with van der Waals surface area (Å²) in [6.07, 6.45) is 6.68. The van der Waals surface area contributed by atoms with Crippen molar-refractivity contribution < 1.29 is 4.42 Å². The van der Waals surface area contributed by atoms with Crippen LogP contribution in [-0.4, -0.2) is 11.5 Å². The summed E-state index contributed by atoms with van der Waals surface area (Å²) < 4.78 is 5.43. The number of rotatable bonds is 4. The van der Waals surface area contributed by atoms with Gasteiger partial charge in [-0.3, -0.25) is 0 Å². The zero-order valence-electron chi connectivity index (χ0n) is 11.0. The van der Waals surface area contributed by atoms with Gasteiger partial charge in [0.1, 0.15) is 5.76 Å². The molecule has 3 nitrogen and oxygen atoms in total. The van der Waals surface area contributed by atoms with Crippen molar-refractivity contribution in [3.63, 3.8) is 0 Å². The summed E-state index contributed by atoms with van der Waals surface area (Å²) in [6.45, 7) is 8.25. The maximum absolute atomic E-state index is 5.43. The van der Waals surface area contributed by atoms with Gasteiger partial charge >= 0.3 is 0 Å². The lowest BCUT2D eigenvalue weighted by molar-refractivity contribution is 0.367. The fourth-order valence-corrected chi connectivity index (χ4v) is 2.71. The van der Waals surface area contributed by atoms with E-state index in [4.69, 9.17) is 4.42 Å². The molecule has 0 saturated heterocycles. The summed E-state index contributed by atoms with van der Waals surface area (Å²) in [4.78, 5) is 4.19. The minimum Gasteiger partial charge on any atom is -0.445 e. The predicted octanol–water partition coefficient (Wildman–Crippen LogP) is 3.07. The third kappa shape index (κ3) is 3.70. The number of oxazole rings is 1. The molecule has 2 unspecified atom stereocenters. The highest BCUT2D eigenvalue weighted by Crippen LogP contribution is 2.27. The lowest BCUT2D eigenvalue weighted by Gasteiger charge is -2.25. The maximum atomic E-state index is 5.43. The Morgan fingerprint density at radius 2 is 2.29 bits per heavy atom. The monoisotopic (exact) mass is 234 g/mol. The molecule has 1 aromatic rings. The molecule has 1 aliphatic rings. The van der Waals surface area contributed by atoms with Gasteiger partial charge in [0.15, 0.2) is 0 Å². The largest absolute Gasteiger partial charge is 0.445 e. The first kappa shape index (κ1) is 12.4. The smallest absolute Gasteiger partial charge is 0.208 e. The molecule has 1 heterocycles. The van der Waals surface area contributed by atoms with Gasteiger partial charge in [0.2, 0.25) is 5.89 Å². The van der Waals surface area contributed by atoms with Crippen LogP contribution >= 0.6 is 0 Å². The van der Waals surface area contributed by atoms with Crippen molar-refractivity contribution in [3.05, 3.63) is 29.5 Å². The molecule has 0 aliphatic heterocycles. The normalized spacial score (nSPS) is 24.8. The van der Waals surface area contributed by atoms with Crippen molar-refractivity contribution in [3.8, 4) is 0 Å². The Kier molecular flexibility index (Phi) is 4.00. The Balaban J connectivity index is 1.74. The number of nitrogens with zero attached hydrogens (tertiary/aromatic N) is 1. The first-order chi connectivity index (χ1) is 8.13. The number of hydrogen-bond donors (Lipinski definition) is 1. The van der Waals surface area contributed by atoms with E-state index in [0.717, 1.165) is 36.6 Å². The fraction of sp³-hybridized carbons (Fsp3) is 0.643. The minimum atomic E-state index is 0.722. The van der Waals surface area contributed by atoms with Crippen molar-refractivity contribution in [2.24, 2.45) is 11.8 Å². The van der Waals surface area contributed by atoms with E-state index in [1.54, 1.807) is 6.20 Å². The Labute approximate surface area is 103 Å². The van der Waals surface area contributed by atoms with E-state index >= 15 is 0 Å². The molecular formula is C14H22N2O. The number of allylic oxidation sites excluding steroid dienone is 2. The second-order valence-corrected chi connectivity index (χ2v) is 5.29. The second-order valence-electron chi connectivity index (χ2n) is 5.29. The van der Waals surface area contributed by atoms with Crippen molar-refractivity contribution in [2.45, 2.75) is 40.2 Å². The van der Waals surface area contributed by atoms with Gasteiger partial charge in [0, 0.05) is 0 Å². The van der Waals surface area contributed by atoms with Crippen LogP contribution in [0.2, 0.25) is 0 Å². The summed E-state index contributed by atoms with van der Waals surface area (Å²) >= 11 is 0. The molecule has 0 bridgehead atoms. The van der Waals surface area contributed by atoms with Gasteiger partial charge in [0.05, 0.1) is 12.7 Å². The average molecular weight is 234 g/mol. The summed E-state index contributed by atoms with van der Waals surface area (Å²) in [7, 11) is 0. The van der Waals surface area contributed by atoms with Gasteiger partial charge < -0.3 is 9.73 Å². The highest BCUT2D eigenvalue weighted by molar-refractivity contribution is 5.06. The zero-order valence-corrected chi connectivity index (χ0v) is 11.0. The zero-order chi connectivity index (χ0) is 12.3. The molecule has 2 atom stereocenters.